The minimum absolute atomic E-state index is 0.497. The predicted octanol–water partition coefficient (Wildman–Crippen LogP) is 2.41. The molecule has 0 saturated carbocycles. The summed E-state index contributed by atoms with van der Waals surface area (Å²) >= 11 is 3.51. The molecule has 15 heavy (non-hydrogen) atoms. The molecule has 3 nitrogen and oxygen atoms in total. The Bertz CT molecular complexity index is 353. The average Bonchev–Trinajstić information content (AvgIpc) is 2.23. The van der Waals surface area contributed by atoms with E-state index in [-0.39, 0.29) is 0 Å². The van der Waals surface area contributed by atoms with Gasteiger partial charge in [0.05, 0.1) is 7.11 Å². The highest BCUT2D eigenvalue weighted by Gasteiger charge is 2.12. The van der Waals surface area contributed by atoms with Crippen LogP contribution < -0.4 is 15.2 Å². The number of nitrogens with two attached hydrogens (primary N) is 1. The summed E-state index contributed by atoms with van der Waals surface area (Å²) in [4.78, 5) is 0. The molecule has 1 aromatic carbocycles. The summed E-state index contributed by atoms with van der Waals surface area (Å²) in [6.07, 6.45) is 0. The van der Waals surface area contributed by atoms with Crippen LogP contribution in [0.2, 0.25) is 0 Å². The zero-order valence-corrected chi connectivity index (χ0v) is 10.8. The van der Waals surface area contributed by atoms with Crippen molar-refractivity contribution in [3.63, 3.8) is 0 Å². The SMILES string of the molecule is COc1c(OCCN)cc(C)c(Br)c1C. The molecule has 0 unspecified atom stereocenters. The molecule has 0 aliphatic heterocycles. The Labute approximate surface area is 98.7 Å². The molecule has 0 saturated heterocycles. The van der Waals surface area contributed by atoms with Gasteiger partial charge in [0.1, 0.15) is 6.61 Å². The zero-order chi connectivity index (χ0) is 11.4. The highest BCUT2D eigenvalue weighted by molar-refractivity contribution is 9.10. The fourth-order valence-corrected chi connectivity index (χ4v) is 1.73. The summed E-state index contributed by atoms with van der Waals surface area (Å²) in [7, 11) is 1.64. The maximum absolute atomic E-state index is 5.52. The van der Waals surface area contributed by atoms with E-state index in [4.69, 9.17) is 15.2 Å². The number of rotatable bonds is 4. The van der Waals surface area contributed by atoms with E-state index < -0.39 is 0 Å². The van der Waals surface area contributed by atoms with Crippen molar-refractivity contribution in [2.75, 3.05) is 20.3 Å². The second kappa shape index (κ2) is 5.37. The molecular formula is C11H16BrNO2. The third kappa shape index (κ3) is 2.63. The van der Waals surface area contributed by atoms with Crippen molar-refractivity contribution in [3.8, 4) is 11.5 Å². The average molecular weight is 274 g/mol. The third-order valence-corrected chi connectivity index (χ3v) is 3.39. The van der Waals surface area contributed by atoms with Crippen LogP contribution in [0.15, 0.2) is 10.5 Å². The highest BCUT2D eigenvalue weighted by atomic mass is 79.9. The van der Waals surface area contributed by atoms with Crippen LogP contribution in [0.1, 0.15) is 11.1 Å². The van der Waals surface area contributed by atoms with Crippen molar-refractivity contribution in [1.29, 1.82) is 0 Å². The second-order valence-corrected chi connectivity index (χ2v) is 4.09. The van der Waals surface area contributed by atoms with Crippen LogP contribution in [-0.2, 0) is 0 Å². The molecule has 1 rings (SSSR count). The molecule has 0 bridgehead atoms. The molecule has 0 aliphatic rings. The van der Waals surface area contributed by atoms with E-state index in [2.05, 4.69) is 15.9 Å². The van der Waals surface area contributed by atoms with Crippen molar-refractivity contribution < 1.29 is 9.47 Å². The van der Waals surface area contributed by atoms with Crippen molar-refractivity contribution in [3.05, 3.63) is 21.7 Å². The van der Waals surface area contributed by atoms with Crippen molar-refractivity contribution in [2.45, 2.75) is 13.8 Å². The lowest BCUT2D eigenvalue weighted by Crippen LogP contribution is -2.11. The summed E-state index contributed by atoms with van der Waals surface area (Å²) < 4.78 is 11.9. The van der Waals surface area contributed by atoms with Crippen LogP contribution in [-0.4, -0.2) is 20.3 Å². The first-order valence-electron chi connectivity index (χ1n) is 4.78. The smallest absolute Gasteiger partial charge is 0.164 e. The fourth-order valence-electron chi connectivity index (χ4n) is 1.44. The van der Waals surface area contributed by atoms with Crippen molar-refractivity contribution in [1.82, 2.24) is 0 Å². The van der Waals surface area contributed by atoms with E-state index in [1.807, 2.05) is 19.9 Å². The Morgan fingerprint density at radius 1 is 1.40 bits per heavy atom. The summed E-state index contributed by atoms with van der Waals surface area (Å²) in [5.74, 6) is 1.52. The number of aryl methyl sites for hydroxylation is 1. The minimum atomic E-state index is 0.497. The van der Waals surface area contributed by atoms with Gasteiger partial charge in [0, 0.05) is 16.6 Å². The molecule has 1 aromatic rings. The molecule has 0 aromatic heterocycles. The minimum Gasteiger partial charge on any atom is -0.493 e. The number of ether oxygens (including phenoxy) is 2. The van der Waals surface area contributed by atoms with Gasteiger partial charge in [0.15, 0.2) is 11.5 Å². The summed E-state index contributed by atoms with van der Waals surface area (Å²) in [5, 5.41) is 0. The van der Waals surface area contributed by atoms with Gasteiger partial charge < -0.3 is 15.2 Å². The van der Waals surface area contributed by atoms with Crippen LogP contribution in [0.4, 0.5) is 0 Å². The molecule has 0 aliphatic carbocycles. The standard InChI is InChI=1S/C11H16BrNO2/c1-7-6-9(15-5-4-13)11(14-3)8(2)10(7)12/h6H,4-5,13H2,1-3H3. The molecule has 0 spiro atoms. The first-order valence-corrected chi connectivity index (χ1v) is 5.57. The Morgan fingerprint density at radius 2 is 2.07 bits per heavy atom. The molecule has 2 N–H and O–H groups in total. The number of halogens is 1. The van der Waals surface area contributed by atoms with Gasteiger partial charge in [-0.1, -0.05) is 15.9 Å². The van der Waals surface area contributed by atoms with Crippen LogP contribution in [0.25, 0.3) is 0 Å². The fraction of sp³-hybridized carbons (Fsp3) is 0.455. The highest BCUT2D eigenvalue weighted by Crippen LogP contribution is 2.37. The maximum Gasteiger partial charge on any atom is 0.164 e. The first kappa shape index (κ1) is 12.3. The van der Waals surface area contributed by atoms with Gasteiger partial charge in [0.25, 0.3) is 0 Å². The summed E-state index contributed by atoms with van der Waals surface area (Å²) in [5.41, 5.74) is 7.57. The lowest BCUT2D eigenvalue weighted by molar-refractivity contribution is 0.301. The van der Waals surface area contributed by atoms with E-state index in [0.717, 1.165) is 27.1 Å². The molecule has 0 radical (unpaired) electrons. The van der Waals surface area contributed by atoms with E-state index in [9.17, 15) is 0 Å². The lowest BCUT2D eigenvalue weighted by Gasteiger charge is -2.15. The Kier molecular flexibility index (Phi) is 4.42. The quantitative estimate of drug-likeness (QED) is 0.917. The molecular weight excluding hydrogens is 258 g/mol. The number of benzene rings is 1. The predicted molar refractivity (Wildman–Crippen MR) is 64.7 cm³/mol. The van der Waals surface area contributed by atoms with E-state index >= 15 is 0 Å². The molecule has 0 fully saturated rings. The van der Waals surface area contributed by atoms with Gasteiger partial charge in [-0.2, -0.15) is 0 Å². The first-order chi connectivity index (χ1) is 7.11. The topological polar surface area (TPSA) is 44.5 Å². The molecule has 0 heterocycles. The monoisotopic (exact) mass is 273 g/mol. The molecule has 84 valence electrons. The van der Waals surface area contributed by atoms with Gasteiger partial charge in [-0.3, -0.25) is 0 Å². The largest absolute Gasteiger partial charge is 0.493 e. The summed E-state index contributed by atoms with van der Waals surface area (Å²) in [6.45, 7) is 5.01. The van der Waals surface area contributed by atoms with Gasteiger partial charge in [0.2, 0.25) is 0 Å². The van der Waals surface area contributed by atoms with Gasteiger partial charge >= 0.3 is 0 Å². The zero-order valence-electron chi connectivity index (χ0n) is 9.26. The lowest BCUT2D eigenvalue weighted by atomic mass is 10.1. The number of hydrogen-bond donors (Lipinski definition) is 1. The molecule has 4 heteroatoms. The van der Waals surface area contributed by atoms with Crippen LogP contribution >= 0.6 is 15.9 Å². The second-order valence-electron chi connectivity index (χ2n) is 3.30. The number of hydrogen-bond acceptors (Lipinski definition) is 3. The van der Waals surface area contributed by atoms with Crippen LogP contribution in [0, 0.1) is 13.8 Å². The number of methoxy groups -OCH3 is 1. The van der Waals surface area contributed by atoms with Crippen LogP contribution in [0.5, 0.6) is 11.5 Å². The summed E-state index contributed by atoms with van der Waals surface area (Å²) in [6, 6.07) is 1.95. The van der Waals surface area contributed by atoms with E-state index in [1.54, 1.807) is 7.11 Å². The van der Waals surface area contributed by atoms with Crippen molar-refractivity contribution >= 4 is 15.9 Å². The third-order valence-electron chi connectivity index (χ3n) is 2.17. The van der Waals surface area contributed by atoms with E-state index in [0.29, 0.717) is 13.2 Å². The van der Waals surface area contributed by atoms with Crippen LogP contribution in [0.3, 0.4) is 0 Å². The maximum atomic E-state index is 5.52. The Morgan fingerprint density at radius 3 is 2.60 bits per heavy atom. The Hall–Kier alpha value is -0.740. The van der Waals surface area contributed by atoms with Gasteiger partial charge in [-0.15, -0.1) is 0 Å². The van der Waals surface area contributed by atoms with Gasteiger partial charge in [-0.05, 0) is 25.5 Å². The van der Waals surface area contributed by atoms with E-state index in [1.165, 1.54) is 0 Å². The molecule has 0 atom stereocenters. The normalized spacial score (nSPS) is 10.2. The van der Waals surface area contributed by atoms with Gasteiger partial charge in [-0.25, -0.2) is 0 Å². The Balaban J connectivity index is 3.13. The molecule has 0 amide bonds. The van der Waals surface area contributed by atoms with Crippen molar-refractivity contribution in [2.24, 2.45) is 5.73 Å².